The number of carbonyl (C=O) groups excluding carboxylic acids is 2. The number of aryl methyl sites for hydroxylation is 1. The highest BCUT2D eigenvalue weighted by Gasteiger charge is 2.10. The Morgan fingerprint density at radius 1 is 1.40 bits per heavy atom. The quantitative estimate of drug-likeness (QED) is 0.622. The molecule has 0 bridgehead atoms. The summed E-state index contributed by atoms with van der Waals surface area (Å²) in [4.78, 5) is 23.0. The average molecular weight is 274 g/mol. The summed E-state index contributed by atoms with van der Waals surface area (Å²) in [6.45, 7) is 2.38. The number of ether oxygens (including phenoxy) is 1. The van der Waals surface area contributed by atoms with Crippen LogP contribution in [0.2, 0.25) is 0 Å². The highest BCUT2D eigenvalue weighted by Crippen LogP contribution is 2.10. The smallest absolute Gasteiger partial charge is 0.307 e. The van der Waals surface area contributed by atoms with Gasteiger partial charge in [0.1, 0.15) is 0 Å². The monoisotopic (exact) mass is 274 g/mol. The van der Waals surface area contributed by atoms with E-state index in [0.717, 1.165) is 5.56 Å². The maximum atomic E-state index is 12.0. The van der Waals surface area contributed by atoms with E-state index in [1.165, 1.54) is 7.11 Å². The number of amides is 1. The van der Waals surface area contributed by atoms with Crippen molar-refractivity contribution in [1.29, 1.82) is 0 Å². The van der Waals surface area contributed by atoms with Gasteiger partial charge < -0.3 is 15.8 Å². The van der Waals surface area contributed by atoms with E-state index >= 15 is 0 Å². The van der Waals surface area contributed by atoms with Gasteiger partial charge in [0.05, 0.1) is 25.6 Å². The van der Waals surface area contributed by atoms with Gasteiger partial charge >= 0.3 is 5.97 Å². The standard InChI is InChI=1S/C15H18N2O3/c1-11-5-6-13(12(10-11)4-3-8-16)15(19)17-9-7-14(18)20-2/h5-6,10H,7-9,16H2,1-2H3,(H,17,19). The minimum absolute atomic E-state index is 0.137. The van der Waals surface area contributed by atoms with Crippen molar-refractivity contribution in [2.45, 2.75) is 13.3 Å². The number of methoxy groups -OCH3 is 1. The van der Waals surface area contributed by atoms with Crippen molar-refractivity contribution in [3.8, 4) is 11.8 Å². The summed E-state index contributed by atoms with van der Waals surface area (Å²) in [6, 6.07) is 5.38. The number of carbonyl (C=O) groups is 2. The Morgan fingerprint density at radius 3 is 2.80 bits per heavy atom. The van der Waals surface area contributed by atoms with Crippen molar-refractivity contribution in [2.75, 3.05) is 20.2 Å². The van der Waals surface area contributed by atoms with Crippen LogP contribution in [0.5, 0.6) is 0 Å². The first-order valence-electron chi connectivity index (χ1n) is 6.23. The second kappa shape index (κ2) is 7.97. The van der Waals surface area contributed by atoms with Crippen molar-refractivity contribution < 1.29 is 14.3 Å². The van der Waals surface area contributed by atoms with Crippen molar-refractivity contribution in [1.82, 2.24) is 5.32 Å². The molecule has 0 atom stereocenters. The number of benzene rings is 1. The van der Waals surface area contributed by atoms with Gasteiger partial charge in [-0.3, -0.25) is 9.59 Å². The molecular formula is C15H18N2O3. The van der Waals surface area contributed by atoms with Gasteiger partial charge in [0.15, 0.2) is 0 Å². The van der Waals surface area contributed by atoms with E-state index in [4.69, 9.17) is 5.73 Å². The zero-order chi connectivity index (χ0) is 15.0. The summed E-state index contributed by atoms with van der Waals surface area (Å²) < 4.78 is 4.50. The number of nitrogens with one attached hydrogen (secondary N) is 1. The van der Waals surface area contributed by atoms with E-state index in [0.29, 0.717) is 11.1 Å². The molecule has 0 aliphatic carbocycles. The van der Waals surface area contributed by atoms with E-state index < -0.39 is 0 Å². The van der Waals surface area contributed by atoms with Gasteiger partial charge in [-0.2, -0.15) is 0 Å². The van der Waals surface area contributed by atoms with Gasteiger partial charge in [0.25, 0.3) is 5.91 Å². The van der Waals surface area contributed by atoms with E-state index in [1.807, 2.05) is 19.1 Å². The lowest BCUT2D eigenvalue weighted by Gasteiger charge is -2.07. The molecule has 0 unspecified atom stereocenters. The largest absolute Gasteiger partial charge is 0.469 e. The molecule has 0 heterocycles. The summed E-state index contributed by atoms with van der Waals surface area (Å²) in [5, 5.41) is 2.66. The second-order valence-corrected chi connectivity index (χ2v) is 4.14. The lowest BCUT2D eigenvalue weighted by Crippen LogP contribution is -2.27. The van der Waals surface area contributed by atoms with E-state index in [1.54, 1.807) is 6.07 Å². The topological polar surface area (TPSA) is 81.4 Å². The van der Waals surface area contributed by atoms with Crippen LogP contribution < -0.4 is 11.1 Å². The molecule has 106 valence electrons. The molecule has 0 aliphatic rings. The molecule has 3 N–H and O–H groups in total. The average Bonchev–Trinajstić information content (AvgIpc) is 2.44. The summed E-state index contributed by atoms with van der Waals surface area (Å²) in [7, 11) is 1.31. The highest BCUT2D eigenvalue weighted by atomic mass is 16.5. The fourth-order valence-electron chi connectivity index (χ4n) is 1.58. The van der Waals surface area contributed by atoms with Crippen LogP contribution in [0, 0.1) is 18.8 Å². The van der Waals surface area contributed by atoms with Crippen LogP contribution >= 0.6 is 0 Å². The highest BCUT2D eigenvalue weighted by molar-refractivity contribution is 5.97. The van der Waals surface area contributed by atoms with Crippen LogP contribution in [0.4, 0.5) is 0 Å². The van der Waals surface area contributed by atoms with E-state index in [9.17, 15) is 9.59 Å². The molecule has 20 heavy (non-hydrogen) atoms. The minimum atomic E-state index is -0.364. The molecular weight excluding hydrogens is 256 g/mol. The van der Waals surface area contributed by atoms with E-state index in [-0.39, 0.29) is 31.4 Å². The normalized spacial score (nSPS) is 9.35. The molecule has 0 spiro atoms. The van der Waals surface area contributed by atoms with Crippen LogP contribution in [0.3, 0.4) is 0 Å². The zero-order valence-corrected chi connectivity index (χ0v) is 11.7. The van der Waals surface area contributed by atoms with Gasteiger partial charge in [-0.05, 0) is 24.6 Å². The van der Waals surface area contributed by atoms with Crippen LogP contribution in [0.15, 0.2) is 18.2 Å². The lowest BCUT2D eigenvalue weighted by molar-refractivity contribution is -0.140. The van der Waals surface area contributed by atoms with Gasteiger partial charge in [-0.1, -0.05) is 17.9 Å². The first kappa shape index (κ1) is 15.7. The first-order valence-corrected chi connectivity index (χ1v) is 6.23. The fraction of sp³-hybridized carbons (Fsp3) is 0.333. The van der Waals surface area contributed by atoms with Crippen LogP contribution in [-0.4, -0.2) is 32.1 Å². The maximum Gasteiger partial charge on any atom is 0.307 e. The maximum absolute atomic E-state index is 12.0. The number of hydrogen-bond donors (Lipinski definition) is 2. The molecule has 0 fully saturated rings. The van der Waals surface area contributed by atoms with Crippen molar-refractivity contribution >= 4 is 11.9 Å². The minimum Gasteiger partial charge on any atom is -0.469 e. The molecule has 5 heteroatoms. The molecule has 0 saturated carbocycles. The van der Waals surface area contributed by atoms with Crippen molar-refractivity contribution in [2.24, 2.45) is 5.73 Å². The number of hydrogen-bond acceptors (Lipinski definition) is 4. The Kier molecular flexibility index (Phi) is 6.27. The van der Waals surface area contributed by atoms with Gasteiger partial charge in [0.2, 0.25) is 0 Å². The number of rotatable bonds is 4. The van der Waals surface area contributed by atoms with Crippen molar-refractivity contribution in [3.05, 3.63) is 34.9 Å². The SMILES string of the molecule is COC(=O)CCNC(=O)c1ccc(C)cc1C#CCN. The molecule has 1 rings (SSSR count). The van der Waals surface area contributed by atoms with Crippen LogP contribution in [0.1, 0.15) is 27.9 Å². The summed E-state index contributed by atoms with van der Waals surface area (Å²) in [6.07, 6.45) is 0.137. The third-order valence-corrected chi connectivity index (χ3v) is 2.59. The molecule has 0 saturated heterocycles. The lowest BCUT2D eigenvalue weighted by atomic mass is 10.0. The predicted molar refractivity (Wildman–Crippen MR) is 76.1 cm³/mol. The molecule has 0 aliphatic heterocycles. The number of esters is 1. The van der Waals surface area contributed by atoms with Gasteiger partial charge in [-0.25, -0.2) is 0 Å². The third kappa shape index (κ3) is 4.75. The van der Waals surface area contributed by atoms with E-state index in [2.05, 4.69) is 21.9 Å². The first-order chi connectivity index (χ1) is 9.58. The summed E-state index contributed by atoms with van der Waals surface area (Å²) in [5.41, 5.74) is 7.46. The summed E-state index contributed by atoms with van der Waals surface area (Å²) >= 11 is 0. The molecule has 1 aromatic carbocycles. The zero-order valence-electron chi connectivity index (χ0n) is 11.7. The summed E-state index contributed by atoms with van der Waals surface area (Å²) in [5.74, 6) is 4.98. The molecule has 5 nitrogen and oxygen atoms in total. The van der Waals surface area contributed by atoms with Crippen LogP contribution in [0.25, 0.3) is 0 Å². The Hall–Kier alpha value is -2.32. The second-order valence-electron chi connectivity index (χ2n) is 4.14. The van der Waals surface area contributed by atoms with Crippen LogP contribution in [-0.2, 0) is 9.53 Å². The third-order valence-electron chi connectivity index (χ3n) is 2.59. The van der Waals surface area contributed by atoms with Crippen molar-refractivity contribution in [3.63, 3.8) is 0 Å². The van der Waals surface area contributed by atoms with Gasteiger partial charge in [0, 0.05) is 12.1 Å². The number of nitrogens with two attached hydrogens (primary N) is 1. The molecule has 0 radical (unpaired) electrons. The molecule has 1 aromatic rings. The Labute approximate surface area is 118 Å². The molecule has 0 aromatic heterocycles. The van der Waals surface area contributed by atoms with Gasteiger partial charge in [-0.15, -0.1) is 0 Å². The fourth-order valence-corrected chi connectivity index (χ4v) is 1.58. The predicted octanol–water partition coefficient (Wildman–Crippen LogP) is 0.598. The Bertz CT molecular complexity index is 556. The molecule has 1 amide bonds. The Morgan fingerprint density at radius 2 is 2.15 bits per heavy atom. The Balaban J connectivity index is 2.79.